The van der Waals surface area contributed by atoms with Crippen molar-refractivity contribution in [2.45, 2.75) is 44.4 Å². The topological polar surface area (TPSA) is 143 Å². The number of nitrogens with zero attached hydrogens (tertiary/aromatic N) is 6. The molecule has 216 valence electrons. The van der Waals surface area contributed by atoms with E-state index in [4.69, 9.17) is 21.5 Å². The summed E-state index contributed by atoms with van der Waals surface area (Å²) in [4.78, 5) is 45.4. The van der Waals surface area contributed by atoms with Crippen LogP contribution in [0.1, 0.15) is 47.4 Å². The summed E-state index contributed by atoms with van der Waals surface area (Å²) in [5.74, 6) is -2.70. The summed E-state index contributed by atoms with van der Waals surface area (Å²) in [6.45, 7) is 0.902. The number of alkyl halides is 3. The Morgan fingerprint density at radius 3 is 2.23 bits per heavy atom. The molecule has 1 saturated carbocycles. The summed E-state index contributed by atoms with van der Waals surface area (Å²) in [6, 6.07) is 9.20. The molecule has 11 nitrogen and oxygen atoms in total. The molecular formula is C25H29ClF3N7O4. The van der Waals surface area contributed by atoms with Crippen LogP contribution in [0.4, 0.5) is 19.0 Å². The predicted octanol–water partition coefficient (Wildman–Crippen LogP) is 3.25. The Kier molecular flexibility index (Phi) is 11.6. The molecule has 15 heteroatoms. The lowest BCUT2D eigenvalue weighted by Crippen LogP contribution is -2.48. The number of nitriles is 1. The smallest absolute Gasteiger partial charge is 0.475 e. The predicted molar refractivity (Wildman–Crippen MR) is 139 cm³/mol. The fraction of sp³-hybridized carbons (Fsp3) is 0.440. The Morgan fingerprint density at radius 1 is 1.15 bits per heavy atom. The average Bonchev–Trinajstić information content (AvgIpc) is 3.42. The number of hydrazine groups is 1. The molecule has 2 amide bonds. The van der Waals surface area contributed by atoms with E-state index < -0.39 is 12.1 Å². The molecule has 1 aliphatic carbocycles. The summed E-state index contributed by atoms with van der Waals surface area (Å²) < 4.78 is 31.7. The van der Waals surface area contributed by atoms with Gasteiger partial charge in [-0.15, -0.1) is 0 Å². The number of amides is 2. The Labute approximate surface area is 234 Å². The second kappa shape index (κ2) is 14.4. The van der Waals surface area contributed by atoms with Crippen LogP contribution in [-0.2, 0) is 16.1 Å². The largest absolute Gasteiger partial charge is 0.490 e. The van der Waals surface area contributed by atoms with E-state index in [1.807, 2.05) is 30.1 Å². The molecule has 40 heavy (non-hydrogen) atoms. The van der Waals surface area contributed by atoms with Gasteiger partial charge in [0.25, 0.3) is 5.91 Å². The zero-order chi connectivity index (χ0) is 30.0. The number of hydrogen-bond acceptors (Lipinski definition) is 8. The number of carboxylic acid groups (broad SMARTS) is 1. The molecule has 1 aromatic carbocycles. The number of hydrogen-bond donors (Lipinski definition) is 2. The highest BCUT2D eigenvalue weighted by molar-refractivity contribution is 6.32. The summed E-state index contributed by atoms with van der Waals surface area (Å²) in [6.07, 6.45) is 0.161. The van der Waals surface area contributed by atoms with Gasteiger partial charge < -0.3 is 10.0 Å². The van der Waals surface area contributed by atoms with E-state index in [0.717, 1.165) is 31.2 Å². The van der Waals surface area contributed by atoms with E-state index in [9.17, 15) is 28.0 Å². The molecule has 1 aliphatic rings. The second-order valence-corrected chi connectivity index (χ2v) is 9.59. The first-order chi connectivity index (χ1) is 18.7. The second-order valence-electron chi connectivity index (χ2n) is 9.19. The normalized spacial score (nSPS) is 13.2. The first kappa shape index (κ1) is 32.3. The number of halogens is 4. The zero-order valence-corrected chi connectivity index (χ0v) is 22.8. The number of anilines is 1. The molecule has 0 unspecified atom stereocenters. The minimum atomic E-state index is -5.08. The van der Waals surface area contributed by atoms with E-state index in [-0.39, 0.29) is 28.7 Å². The average molecular weight is 584 g/mol. The number of rotatable bonds is 8. The Hall–Kier alpha value is -3.96. The van der Waals surface area contributed by atoms with Gasteiger partial charge in [-0.25, -0.2) is 9.78 Å². The van der Waals surface area contributed by atoms with Gasteiger partial charge in [0.1, 0.15) is 11.1 Å². The Morgan fingerprint density at radius 2 is 1.73 bits per heavy atom. The fourth-order valence-electron chi connectivity index (χ4n) is 3.74. The molecule has 0 atom stereocenters. The van der Waals surface area contributed by atoms with Gasteiger partial charge in [-0.2, -0.15) is 23.4 Å². The summed E-state index contributed by atoms with van der Waals surface area (Å²) >= 11 is 6.32. The zero-order valence-electron chi connectivity index (χ0n) is 22.1. The van der Waals surface area contributed by atoms with Crippen LogP contribution in [0.25, 0.3) is 0 Å². The highest BCUT2D eigenvalue weighted by Crippen LogP contribution is 2.30. The van der Waals surface area contributed by atoms with E-state index in [1.165, 1.54) is 6.20 Å². The summed E-state index contributed by atoms with van der Waals surface area (Å²) in [5, 5.41) is 18.2. The lowest BCUT2D eigenvalue weighted by atomic mass is 10.1. The molecule has 1 fully saturated rings. The third kappa shape index (κ3) is 9.65. The van der Waals surface area contributed by atoms with Gasteiger partial charge in [0.2, 0.25) is 11.7 Å². The first-order valence-electron chi connectivity index (χ1n) is 12.0. The van der Waals surface area contributed by atoms with E-state index in [0.29, 0.717) is 24.5 Å². The lowest BCUT2D eigenvalue weighted by Gasteiger charge is -2.30. The van der Waals surface area contributed by atoms with Gasteiger partial charge >= 0.3 is 12.1 Å². The van der Waals surface area contributed by atoms with Crippen LogP contribution in [0, 0.1) is 11.3 Å². The number of carboxylic acids is 1. The fourth-order valence-corrected chi connectivity index (χ4v) is 3.92. The number of benzene rings is 1. The van der Waals surface area contributed by atoms with Crippen molar-refractivity contribution in [3.05, 3.63) is 52.4 Å². The number of aromatic nitrogens is 2. The van der Waals surface area contributed by atoms with Crippen molar-refractivity contribution in [2.24, 2.45) is 0 Å². The van der Waals surface area contributed by atoms with E-state index >= 15 is 0 Å². The Bertz CT molecular complexity index is 1230. The molecule has 0 bridgehead atoms. The number of carbonyl (C=O) groups is 3. The van der Waals surface area contributed by atoms with Gasteiger partial charge in [-0.1, -0.05) is 36.6 Å². The van der Waals surface area contributed by atoms with Gasteiger partial charge in [0.05, 0.1) is 18.8 Å². The minimum Gasteiger partial charge on any atom is -0.475 e. The van der Waals surface area contributed by atoms with Gasteiger partial charge in [0, 0.05) is 26.2 Å². The molecule has 0 spiro atoms. The van der Waals surface area contributed by atoms with Gasteiger partial charge in [0.15, 0.2) is 5.82 Å². The molecule has 0 saturated heterocycles. The van der Waals surface area contributed by atoms with Crippen molar-refractivity contribution in [3.63, 3.8) is 0 Å². The summed E-state index contributed by atoms with van der Waals surface area (Å²) in [5.41, 5.74) is 4.41. The number of carbonyl (C=O) groups excluding carboxylic acids is 2. The first-order valence-corrected chi connectivity index (χ1v) is 12.4. The van der Waals surface area contributed by atoms with Crippen LogP contribution in [0.2, 0.25) is 5.02 Å². The van der Waals surface area contributed by atoms with Crippen molar-refractivity contribution in [1.29, 1.82) is 5.26 Å². The van der Waals surface area contributed by atoms with Crippen LogP contribution in [0.5, 0.6) is 0 Å². The van der Waals surface area contributed by atoms with Gasteiger partial charge in [-0.05, 0) is 37.6 Å². The van der Waals surface area contributed by atoms with Crippen molar-refractivity contribution in [3.8, 4) is 6.07 Å². The van der Waals surface area contributed by atoms with Crippen LogP contribution in [0.3, 0.4) is 0 Å². The number of nitrogens with one attached hydrogen (secondary N) is 1. The van der Waals surface area contributed by atoms with Crippen molar-refractivity contribution < 1.29 is 32.7 Å². The van der Waals surface area contributed by atoms with Gasteiger partial charge in [-0.3, -0.25) is 24.9 Å². The molecule has 2 N–H and O–H groups in total. The van der Waals surface area contributed by atoms with Crippen molar-refractivity contribution in [2.75, 3.05) is 32.7 Å². The lowest BCUT2D eigenvalue weighted by molar-refractivity contribution is -0.192. The van der Waals surface area contributed by atoms with Crippen molar-refractivity contribution >= 4 is 35.2 Å². The Balaban J connectivity index is 0.000000708. The van der Waals surface area contributed by atoms with E-state index in [2.05, 4.69) is 15.4 Å². The van der Waals surface area contributed by atoms with E-state index in [1.54, 1.807) is 36.1 Å². The monoisotopic (exact) mass is 583 g/mol. The van der Waals surface area contributed by atoms with Crippen LogP contribution in [0.15, 0.2) is 30.5 Å². The number of aliphatic carboxylic acids is 1. The third-order valence-electron chi connectivity index (χ3n) is 5.78. The molecule has 0 aliphatic heterocycles. The number of likely N-dealkylation sites (N-methyl/N-ethyl adjacent to an activating group) is 2. The van der Waals surface area contributed by atoms with Crippen molar-refractivity contribution in [1.82, 2.24) is 25.2 Å². The SMILES string of the molecule is CN(CC(=O)N(C)C)Cc1ccc(C(=O)NN(c2nc(C#N)ncc2Cl)C2CCCC2)cc1.O=C(O)C(F)(F)F. The maximum Gasteiger partial charge on any atom is 0.490 e. The third-order valence-corrected chi connectivity index (χ3v) is 6.05. The standard InChI is InChI=1S/C23H28ClN7O2.C2HF3O2/c1-29(2)21(32)15-30(3)14-16-8-10-17(11-9-16)23(33)28-31(18-6-4-5-7-18)22-19(24)13-26-20(12-25)27-22;3-2(4,5)1(6)7/h8-11,13,18H,4-7,14-15H2,1-3H3,(H,28,33);(H,6,7). The molecule has 2 aromatic rings. The van der Waals surface area contributed by atoms with Crippen LogP contribution in [-0.4, -0.2) is 82.6 Å². The molecule has 0 radical (unpaired) electrons. The molecular weight excluding hydrogens is 555 g/mol. The quantitative estimate of drug-likeness (QED) is 0.448. The highest BCUT2D eigenvalue weighted by atomic mass is 35.5. The molecule has 1 heterocycles. The summed E-state index contributed by atoms with van der Waals surface area (Å²) in [7, 11) is 5.34. The highest BCUT2D eigenvalue weighted by Gasteiger charge is 2.38. The van der Waals surface area contributed by atoms with Crippen LogP contribution < -0.4 is 10.4 Å². The molecule has 1 aromatic heterocycles. The maximum atomic E-state index is 13.0. The van der Waals surface area contributed by atoms with Crippen LogP contribution >= 0.6 is 11.6 Å². The maximum absolute atomic E-state index is 13.0. The minimum absolute atomic E-state index is 0.00660. The molecule has 3 rings (SSSR count).